The number of hydrogen-bond acceptors (Lipinski definition) is 3. The highest BCUT2D eigenvalue weighted by atomic mass is 19.1. The molecular formula is C11H10FNO4. The molecule has 1 aliphatic rings. The second-order valence-corrected chi connectivity index (χ2v) is 3.77. The average molecular weight is 239 g/mol. The van der Waals surface area contributed by atoms with Crippen LogP contribution in [0.25, 0.3) is 0 Å². The molecule has 0 saturated carbocycles. The maximum absolute atomic E-state index is 13.4. The number of carbonyl (C=O) groups is 2. The lowest BCUT2D eigenvalue weighted by Crippen LogP contribution is -2.31. The van der Waals surface area contributed by atoms with E-state index in [1.807, 2.05) is 0 Å². The van der Waals surface area contributed by atoms with E-state index in [1.54, 1.807) is 6.92 Å². The number of benzene rings is 1. The molecule has 1 saturated heterocycles. The Bertz CT molecular complexity index is 488. The van der Waals surface area contributed by atoms with Gasteiger partial charge >= 0.3 is 12.1 Å². The predicted octanol–water partition coefficient (Wildman–Crippen LogP) is 1.87. The van der Waals surface area contributed by atoms with Gasteiger partial charge in [-0.2, -0.15) is 0 Å². The fourth-order valence-electron chi connectivity index (χ4n) is 1.70. The molecule has 1 aromatic rings. The van der Waals surface area contributed by atoms with E-state index < -0.39 is 23.4 Å². The predicted molar refractivity (Wildman–Crippen MR) is 56.6 cm³/mol. The molecule has 2 rings (SSSR count). The topological polar surface area (TPSA) is 66.8 Å². The van der Waals surface area contributed by atoms with Crippen molar-refractivity contribution in [2.75, 3.05) is 11.5 Å². The highest BCUT2D eigenvalue weighted by Gasteiger charge is 2.31. The third-order valence-corrected chi connectivity index (χ3v) is 2.55. The van der Waals surface area contributed by atoms with Crippen LogP contribution < -0.4 is 4.90 Å². The van der Waals surface area contributed by atoms with Crippen LogP contribution in [0.5, 0.6) is 0 Å². The molecule has 0 bridgehead atoms. The van der Waals surface area contributed by atoms with Gasteiger partial charge in [0, 0.05) is 0 Å². The summed E-state index contributed by atoms with van der Waals surface area (Å²) in [5.41, 5.74) is -0.128. The number of amides is 1. The van der Waals surface area contributed by atoms with Crippen molar-refractivity contribution >= 4 is 17.7 Å². The van der Waals surface area contributed by atoms with Crippen molar-refractivity contribution in [2.24, 2.45) is 0 Å². The molecular weight excluding hydrogens is 229 g/mol. The van der Waals surface area contributed by atoms with Crippen LogP contribution in [0.1, 0.15) is 17.3 Å². The number of halogens is 1. The van der Waals surface area contributed by atoms with Crippen molar-refractivity contribution in [1.82, 2.24) is 0 Å². The summed E-state index contributed by atoms with van der Waals surface area (Å²) in [4.78, 5) is 23.3. The van der Waals surface area contributed by atoms with Crippen molar-refractivity contribution in [3.8, 4) is 0 Å². The number of anilines is 1. The Morgan fingerprint density at radius 3 is 2.76 bits per heavy atom. The zero-order valence-corrected chi connectivity index (χ0v) is 9.01. The summed E-state index contributed by atoms with van der Waals surface area (Å²) in [7, 11) is 0. The molecule has 1 N–H and O–H groups in total. The van der Waals surface area contributed by atoms with Gasteiger partial charge in [0.1, 0.15) is 12.4 Å². The summed E-state index contributed by atoms with van der Waals surface area (Å²) >= 11 is 0. The van der Waals surface area contributed by atoms with Gasteiger partial charge < -0.3 is 9.84 Å². The molecule has 1 atom stereocenters. The quantitative estimate of drug-likeness (QED) is 0.855. The highest BCUT2D eigenvalue weighted by molar-refractivity contribution is 5.92. The lowest BCUT2D eigenvalue weighted by atomic mass is 10.1. The van der Waals surface area contributed by atoms with E-state index in [2.05, 4.69) is 0 Å². The molecule has 0 radical (unpaired) electrons. The molecule has 5 nitrogen and oxygen atoms in total. The van der Waals surface area contributed by atoms with Gasteiger partial charge in [0.25, 0.3) is 0 Å². The molecule has 6 heteroatoms. The maximum Gasteiger partial charge on any atom is 0.414 e. The molecule has 0 spiro atoms. The van der Waals surface area contributed by atoms with Crippen LogP contribution in [0, 0.1) is 5.82 Å². The van der Waals surface area contributed by atoms with Crippen molar-refractivity contribution in [3.63, 3.8) is 0 Å². The number of hydrogen-bond donors (Lipinski definition) is 1. The fourth-order valence-corrected chi connectivity index (χ4v) is 1.70. The summed E-state index contributed by atoms with van der Waals surface area (Å²) in [5.74, 6) is -2.21. The minimum absolute atomic E-state index is 0.197. The monoisotopic (exact) mass is 239 g/mol. The third-order valence-electron chi connectivity index (χ3n) is 2.55. The number of aromatic carboxylic acids is 1. The first kappa shape index (κ1) is 11.4. The minimum Gasteiger partial charge on any atom is -0.478 e. The maximum atomic E-state index is 13.4. The Morgan fingerprint density at radius 2 is 2.29 bits per heavy atom. The summed E-state index contributed by atoms with van der Waals surface area (Å²) in [5, 5.41) is 8.68. The van der Waals surface area contributed by atoms with Crippen LogP contribution in [-0.2, 0) is 4.74 Å². The van der Waals surface area contributed by atoms with Gasteiger partial charge in [0.2, 0.25) is 0 Å². The molecule has 1 aliphatic heterocycles. The molecule has 1 aromatic carbocycles. The number of nitrogens with zero attached hydrogens (tertiary/aromatic N) is 1. The third kappa shape index (κ3) is 1.93. The largest absolute Gasteiger partial charge is 0.478 e. The molecule has 1 amide bonds. The lowest BCUT2D eigenvalue weighted by Gasteiger charge is -2.18. The van der Waals surface area contributed by atoms with Gasteiger partial charge in [-0.3, -0.25) is 4.90 Å². The molecule has 1 heterocycles. The van der Waals surface area contributed by atoms with Gasteiger partial charge in [0.05, 0.1) is 17.3 Å². The van der Waals surface area contributed by atoms with Crippen LogP contribution in [0.3, 0.4) is 0 Å². The van der Waals surface area contributed by atoms with Crippen LogP contribution in [0.4, 0.5) is 14.9 Å². The van der Waals surface area contributed by atoms with E-state index in [0.29, 0.717) is 5.69 Å². The first-order valence-electron chi connectivity index (χ1n) is 4.99. The van der Waals surface area contributed by atoms with Crippen molar-refractivity contribution < 1.29 is 23.8 Å². The van der Waals surface area contributed by atoms with E-state index in [0.717, 1.165) is 12.1 Å². The number of carboxylic acid groups (broad SMARTS) is 1. The average Bonchev–Trinajstić information content (AvgIpc) is 2.58. The summed E-state index contributed by atoms with van der Waals surface area (Å²) in [6, 6.07) is 3.34. The van der Waals surface area contributed by atoms with Crippen molar-refractivity contribution in [1.29, 1.82) is 0 Å². The molecule has 0 aromatic heterocycles. The Labute approximate surface area is 96.4 Å². The fraction of sp³-hybridized carbons (Fsp3) is 0.273. The SMILES string of the molecule is CC1COC(=O)N1c1ccc(C(=O)O)c(F)c1. The van der Waals surface area contributed by atoms with Crippen molar-refractivity contribution in [2.45, 2.75) is 13.0 Å². The number of cyclic esters (lactones) is 1. The first-order valence-corrected chi connectivity index (χ1v) is 4.99. The summed E-state index contributed by atoms with van der Waals surface area (Å²) in [6.07, 6.45) is -0.556. The molecule has 90 valence electrons. The van der Waals surface area contributed by atoms with Gasteiger partial charge in [-0.05, 0) is 25.1 Å². The second-order valence-electron chi connectivity index (χ2n) is 3.77. The summed E-state index contributed by atoms with van der Waals surface area (Å²) < 4.78 is 18.2. The van der Waals surface area contributed by atoms with Crippen LogP contribution in [0.15, 0.2) is 18.2 Å². The minimum atomic E-state index is -1.34. The van der Waals surface area contributed by atoms with Crippen molar-refractivity contribution in [3.05, 3.63) is 29.6 Å². The van der Waals surface area contributed by atoms with Crippen LogP contribution >= 0.6 is 0 Å². The highest BCUT2D eigenvalue weighted by Crippen LogP contribution is 2.24. The number of ether oxygens (including phenoxy) is 1. The van der Waals surface area contributed by atoms with Gasteiger partial charge in [-0.1, -0.05) is 0 Å². The standard InChI is InChI=1S/C11H10FNO4/c1-6-5-17-11(16)13(6)7-2-3-8(10(14)15)9(12)4-7/h2-4,6H,5H2,1H3,(H,14,15). The first-order chi connectivity index (χ1) is 8.00. The van der Waals surface area contributed by atoms with E-state index in [9.17, 15) is 14.0 Å². The normalized spacial score (nSPS) is 19.3. The van der Waals surface area contributed by atoms with E-state index in [1.165, 1.54) is 11.0 Å². The Kier molecular flexibility index (Phi) is 2.71. The smallest absolute Gasteiger partial charge is 0.414 e. The lowest BCUT2D eigenvalue weighted by molar-refractivity contribution is 0.0692. The molecule has 0 aliphatic carbocycles. The van der Waals surface area contributed by atoms with Gasteiger partial charge in [0.15, 0.2) is 0 Å². The van der Waals surface area contributed by atoms with Crippen LogP contribution in [0.2, 0.25) is 0 Å². The van der Waals surface area contributed by atoms with E-state index in [-0.39, 0.29) is 12.6 Å². The Balaban J connectivity index is 2.38. The van der Waals surface area contributed by atoms with E-state index in [4.69, 9.17) is 9.84 Å². The zero-order valence-electron chi connectivity index (χ0n) is 9.01. The van der Waals surface area contributed by atoms with Crippen LogP contribution in [-0.4, -0.2) is 29.8 Å². The van der Waals surface area contributed by atoms with E-state index >= 15 is 0 Å². The van der Waals surface area contributed by atoms with Gasteiger partial charge in [-0.15, -0.1) is 0 Å². The molecule has 17 heavy (non-hydrogen) atoms. The molecule has 1 unspecified atom stereocenters. The summed E-state index contributed by atoms with van der Waals surface area (Å²) in [6.45, 7) is 2.00. The van der Waals surface area contributed by atoms with Gasteiger partial charge in [-0.25, -0.2) is 14.0 Å². The number of carbonyl (C=O) groups excluding carboxylic acids is 1. The second kappa shape index (κ2) is 4.04. The number of rotatable bonds is 2. The Morgan fingerprint density at radius 1 is 1.59 bits per heavy atom. The molecule has 1 fully saturated rings. The number of carboxylic acids is 1. The zero-order chi connectivity index (χ0) is 12.6. The Hall–Kier alpha value is -2.11.